The first-order valence-corrected chi connectivity index (χ1v) is 6.65. The standard InChI is InChI=1S/C15H16ClN3O2/c1-9-7-11(4-6-14(9)21-2)18-15(20)12-8-10(16)3-5-13(12)19-17/h3-8,19H,17H2,1-2H3,(H,18,20). The molecule has 0 unspecified atom stereocenters. The van der Waals surface area contributed by atoms with Crippen LogP contribution in [0.2, 0.25) is 5.02 Å². The number of benzene rings is 2. The summed E-state index contributed by atoms with van der Waals surface area (Å²) in [5.41, 5.74) is 4.95. The van der Waals surface area contributed by atoms with Gasteiger partial charge in [-0.15, -0.1) is 0 Å². The average Bonchev–Trinajstić information content (AvgIpc) is 2.47. The molecule has 0 spiro atoms. The molecule has 0 saturated heterocycles. The Morgan fingerprint density at radius 3 is 2.62 bits per heavy atom. The predicted molar refractivity (Wildman–Crippen MR) is 84.9 cm³/mol. The van der Waals surface area contributed by atoms with E-state index in [0.717, 1.165) is 11.3 Å². The quantitative estimate of drug-likeness (QED) is 0.599. The summed E-state index contributed by atoms with van der Waals surface area (Å²) in [5, 5.41) is 3.27. The smallest absolute Gasteiger partial charge is 0.257 e. The van der Waals surface area contributed by atoms with Gasteiger partial charge in [-0.25, -0.2) is 0 Å². The molecular formula is C15H16ClN3O2. The molecule has 0 aliphatic rings. The van der Waals surface area contributed by atoms with E-state index in [1.807, 2.05) is 13.0 Å². The van der Waals surface area contributed by atoms with Gasteiger partial charge in [-0.1, -0.05) is 11.6 Å². The SMILES string of the molecule is COc1ccc(NC(=O)c2cc(Cl)ccc2NN)cc1C. The normalized spacial score (nSPS) is 10.1. The number of amides is 1. The molecule has 0 aromatic heterocycles. The van der Waals surface area contributed by atoms with Crippen molar-refractivity contribution in [3.05, 3.63) is 52.5 Å². The highest BCUT2D eigenvalue weighted by molar-refractivity contribution is 6.31. The van der Waals surface area contributed by atoms with Crippen molar-refractivity contribution in [1.29, 1.82) is 0 Å². The fraction of sp³-hybridized carbons (Fsp3) is 0.133. The van der Waals surface area contributed by atoms with Crippen LogP contribution in [0.4, 0.5) is 11.4 Å². The van der Waals surface area contributed by atoms with E-state index in [9.17, 15) is 4.79 Å². The zero-order valence-corrected chi connectivity index (χ0v) is 12.5. The van der Waals surface area contributed by atoms with Gasteiger partial charge in [-0.3, -0.25) is 10.6 Å². The lowest BCUT2D eigenvalue weighted by Crippen LogP contribution is -2.17. The number of hydrazine groups is 1. The molecule has 5 nitrogen and oxygen atoms in total. The number of carbonyl (C=O) groups is 1. The van der Waals surface area contributed by atoms with Gasteiger partial charge >= 0.3 is 0 Å². The second-order valence-electron chi connectivity index (χ2n) is 4.47. The second kappa shape index (κ2) is 6.47. The van der Waals surface area contributed by atoms with Crippen LogP contribution in [0.1, 0.15) is 15.9 Å². The fourth-order valence-corrected chi connectivity index (χ4v) is 2.16. The van der Waals surface area contributed by atoms with Gasteiger partial charge in [0.15, 0.2) is 0 Å². The predicted octanol–water partition coefficient (Wildman–Crippen LogP) is 3.19. The number of halogens is 1. The van der Waals surface area contributed by atoms with Crippen LogP contribution >= 0.6 is 11.6 Å². The first-order valence-electron chi connectivity index (χ1n) is 6.27. The highest BCUT2D eigenvalue weighted by Crippen LogP contribution is 2.24. The summed E-state index contributed by atoms with van der Waals surface area (Å²) in [6.07, 6.45) is 0. The van der Waals surface area contributed by atoms with E-state index in [4.69, 9.17) is 22.2 Å². The van der Waals surface area contributed by atoms with Crippen LogP contribution in [0, 0.1) is 6.92 Å². The molecule has 4 N–H and O–H groups in total. The van der Waals surface area contributed by atoms with Crippen LogP contribution in [0.25, 0.3) is 0 Å². The van der Waals surface area contributed by atoms with Crippen molar-refractivity contribution in [2.75, 3.05) is 17.9 Å². The first kappa shape index (κ1) is 15.2. The molecule has 0 aliphatic carbocycles. The van der Waals surface area contributed by atoms with Gasteiger partial charge in [0.2, 0.25) is 0 Å². The Bertz CT molecular complexity index is 674. The number of hydrogen-bond acceptors (Lipinski definition) is 4. The molecule has 110 valence electrons. The van der Waals surface area contributed by atoms with Crippen molar-refractivity contribution in [2.45, 2.75) is 6.92 Å². The maximum atomic E-state index is 12.3. The van der Waals surface area contributed by atoms with Gasteiger partial charge < -0.3 is 15.5 Å². The third-order valence-corrected chi connectivity index (χ3v) is 3.27. The minimum atomic E-state index is -0.296. The molecule has 2 aromatic carbocycles. The van der Waals surface area contributed by atoms with Gasteiger partial charge in [0.1, 0.15) is 5.75 Å². The number of carbonyl (C=O) groups excluding carboxylic acids is 1. The molecule has 0 atom stereocenters. The van der Waals surface area contributed by atoms with Crippen molar-refractivity contribution < 1.29 is 9.53 Å². The summed E-state index contributed by atoms with van der Waals surface area (Å²) >= 11 is 5.92. The summed E-state index contributed by atoms with van der Waals surface area (Å²) in [6, 6.07) is 10.3. The molecule has 1 amide bonds. The zero-order valence-electron chi connectivity index (χ0n) is 11.7. The van der Waals surface area contributed by atoms with Gasteiger partial charge in [-0.05, 0) is 48.9 Å². The summed E-state index contributed by atoms with van der Waals surface area (Å²) < 4.78 is 5.19. The molecular weight excluding hydrogens is 290 g/mol. The maximum absolute atomic E-state index is 12.3. The molecule has 0 saturated carbocycles. The van der Waals surface area contributed by atoms with Crippen LogP contribution in [-0.4, -0.2) is 13.0 Å². The lowest BCUT2D eigenvalue weighted by atomic mass is 10.1. The van der Waals surface area contributed by atoms with E-state index in [-0.39, 0.29) is 5.91 Å². The van der Waals surface area contributed by atoms with Crippen LogP contribution in [-0.2, 0) is 0 Å². The highest BCUT2D eigenvalue weighted by atomic mass is 35.5. The van der Waals surface area contributed by atoms with Gasteiger partial charge in [0.25, 0.3) is 5.91 Å². The van der Waals surface area contributed by atoms with Gasteiger partial charge in [0.05, 0.1) is 18.4 Å². The number of aryl methyl sites for hydroxylation is 1. The average molecular weight is 306 g/mol. The molecule has 2 aromatic rings. The molecule has 0 fully saturated rings. The molecule has 0 aliphatic heterocycles. The molecule has 2 rings (SSSR count). The molecule has 0 heterocycles. The fourth-order valence-electron chi connectivity index (χ4n) is 1.98. The summed E-state index contributed by atoms with van der Waals surface area (Å²) in [4.78, 5) is 12.3. The highest BCUT2D eigenvalue weighted by Gasteiger charge is 2.12. The Kier molecular flexibility index (Phi) is 4.67. The van der Waals surface area contributed by atoms with Crippen molar-refractivity contribution >= 4 is 28.9 Å². The third-order valence-electron chi connectivity index (χ3n) is 3.03. The Morgan fingerprint density at radius 2 is 2.00 bits per heavy atom. The summed E-state index contributed by atoms with van der Waals surface area (Å²) in [6.45, 7) is 1.90. The Labute approximate surface area is 128 Å². The van der Waals surface area contributed by atoms with E-state index in [2.05, 4.69) is 10.7 Å². The van der Waals surface area contributed by atoms with Crippen molar-refractivity contribution in [3.8, 4) is 5.75 Å². The van der Waals surface area contributed by atoms with Crippen LogP contribution in [0.3, 0.4) is 0 Å². The van der Waals surface area contributed by atoms with E-state index < -0.39 is 0 Å². The van der Waals surface area contributed by atoms with Crippen molar-refractivity contribution in [1.82, 2.24) is 0 Å². The Hall–Kier alpha value is -2.24. The van der Waals surface area contributed by atoms with E-state index >= 15 is 0 Å². The van der Waals surface area contributed by atoms with E-state index in [1.165, 1.54) is 0 Å². The molecule has 21 heavy (non-hydrogen) atoms. The largest absolute Gasteiger partial charge is 0.496 e. The monoisotopic (exact) mass is 305 g/mol. The summed E-state index contributed by atoms with van der Waals surface area (Å²) in [5.74, 6) is 5.87. The first-order chi connectivity index (χ1) is 10.0. The Balaban J connectivity index is 2.26. The lowest BCUT2D eigenvalue weighted by Gasteiger charge is -2.11. The van der Waals surface area contributed by atoms with E-state index in [0.29, 0.717) is 22.0 Å². The van der Waals surface area contributed by atoms with Crippen LogP contribution in [0.15, 0.2) is 36.4 Å². The molecule has 0 radical (unpaired) electrons. The number of ether oxygens (including phenoxy) is 1. The minimum absolute atomic E-state index is 0.296. The van der Waals surface area contributed by atoms with Gasteiger partial charge in [-0.2, -0.15) is 0 Å². The van der Waals surface area contributed by atoms with Gasteiger partial charge in [0, 0.05) is 10.7 Å². The van der Waals surface area contributed by atoms with Crippen molar-refractivity contribution in [3.63, 3.8) is 0 Å². The molecule has 6 heteroatoms. The van der Waals surface area contributed by atoms with Crippen LogP contribution < -0.4 is 21.3 Å². The second-order valence-corrected chi connectivity index (χ2v) is 4.91. The number of hydrogen-bond donors (Lipinski definition) is 3. The summed E-state index contributed by atoms with van der Waals surface area (Å²) in [7, 11) is 1.60. The van der Waals surface area contributed by atoms with Crippen LogP contribution in [0.5, 0.6) is 5.75 Å². The van der Waals surface area contributed by atoms with Crippen molar-refractivity contribution in [2.24, 2.45) is 5.84 Å². The topological polar surface area (TPSA) is 76.4 Å². The maximum Gasteiger partial charge on any atom is 0.257 e. The minimum Gasteiger partial charge on any atom is -0.496 e. The number of nitrogens with one attached hydrogen (secondary N) is 2. The lowest BCUT2D eigenvalue weighted by molar-refractivity contribution is 0.102. The number of nitrogens with two attached hydrogens (primary N) is 1. The zero-order chi connectivity index (χ0) is 15.4. The third kappa shape index (κ3) is 3.45. The number of rotatable bonds is 4. The Morgan fingerprint density at radius 1 is 1.24 bits per heavy atom. The number of methoxy groups -OCH3 is 1. The number of nitrogen functional groups attached to an aromatic ring is 1. The number of anilines is 2. The van der Waals surface area contributed by atoms with E-state index in [1.54, 1.807) is 37.4 Å². The molecule has 0 bridgehead atoms.